The van der Waals surface area contributed by atoms with Gasteiger partial charge in [0.1, 0.15) is 0 Å². The summed E-state index contributed by atoms with van der Waals surface area (Å²) >= 11 is 0. The van der Waals surface area contributed by atoms with Crippen LogP contribution in [0.4, 0.5) is 0 Å². The SMILES string of the molecule is CCCC(C)(C)CCCC(C)C(C)C1CC1C. The highest BCUT2D eigenvalue weighted by Crippen LogP contribution is 2.47. The zero-order valence-electron chi connectivity index (χ0n) is 13.1. The first-order valence-electron chi connectivity index (χ1n) is 7.87. The second-order valence-electron chi connectivity index (χ2n) is 7.52. The molecular formula is C17H34. The Morgan fingerprint density at radius 1 is 1.18 bits per heavy atom. The summed E-state index contributed by atoms with van der Waals surface area (Å²) in [4.78, 5) is 0. The van der Waals surface area contributed by atoms with Crippen LogP contribution in [0.15, 0.2) is 0 Å². The molecule has 0 aromatic heterocycles. The Morgan fingerprint density at radius 2 is 1.76 bits per heavy atom. The first kappa shape index (κ1) is 15.1. The molecule has 0 saturated heterocycles. The highest BCUT2D eigenvalue weighted by atomic mass is 14.4. The molecule has 0 aliphatic heterocycles. The highest BCUT2D eigenvalue weighted by molar-refractivity contribution is 4.88. The van der Waals surface area contributed by atoms with Crippen LogP contribution in [0, 0.1) is 29.1 Å². The smallest absolute Gasteiger partial charge is 0.0354 e. The quantitative estimate of drug-likeness (QED) is 0.493. The molecule has 102 valence electrons. The summed E-state index contributed by atoms with van der Waals surface area (Å²) in [6, 6.07) is 0. The fourth-order valence-electron chi connectivity index (χ4n) is 3.47. The van der Waals surface area contributed by atoms with Gasteiger partial charge in [-0.2, -0.15) is 0 Å². The van der Waals surface area contributed by atoms with Gasteiger partial charge in [0, 0.05) is 0 Å². The lowest BCUT2D eigenvalue weighted by atomic mass is 9.80. The fourth-order valence-corrected chi connectivity index (χ4v) is 3.47. The summed E-state index contributed by atoms with van der Waals surface area (Å²) < 4.78 is 0. The van der Waals surface area contributed by atoms with E-state index in [9.17, 15) is 0 Å². The van der Waals surface area contributed by atoms with Crippen molar-refractivity contribution >= 4 is 0 Å². The van der Waals surface area contributed by atoms with Gasteiger partial charge in [-0.3, -0.25) is 0 Å². The molecule has 17 heavy (non-hydrogen) atoms. The Kier molecular flexibility index (Phi) is 5.54. The minimum atomic E-state index is 0.574. The van der Waals surface area contributed by atoms with Crippen LogP contribution in [-0.2, 0) is 0 Å². The third kappa shape index (κ3) is 5.02. The monoisotopic (exact) mass is 238 g/mol. The topological polar surface area (TPSA) is 0 Å². The summed E-state index contributed by atoms with van der Waals surface area (Å²) in [5, 5.41) is 0. The summed E-state index contributed by atoms with van der Waals surface area (Å²) in [7, 11) is 0. The standard InChI is InChI=1S/C17H34/c1-7-10-17(5,6)11-8-9-13(2)15(4)16-12-14(16)3/h13-16H,7-12H2,1-6H3. The zero-order chi connectivity index (χ0) is 13.1. The van der Waals surface area contributed by atoms with Gasteiger partial charge in [0.05, 0.1) is 0 Å². The van der Waals surface area contributed by atoms with E-state index in [-0.39, 0.29) is 0 Å². The molecule has 0 aromatic rings. The van der Waals surface area contributed by atoms with Crippen LogP contribution in [-0.4, -0.2) is 0 Å². The van der Waals surface area contributed by atoms with E-state index in [4.69, 9.17) is 0 Å². The molecule has 1 fully saturated rings. The molecule has 0 spiro atoms. The van der Waals surface area contributed by atoms with Crippen molar-refractivity contribution in [1.82, 2.24) is 0 Å². The summed E-state index contributed by atoms with van der Waals surface area (Å²) in [6.07, 6.45) is 8.50. The Labute approximate surface area is 110 Å². The largest absolute Gasteiger partial charge is 0.0654 e. The molecule has 0 heteroatoms. The summed E-state index contributed by atoms with van der Waals surface area (Å²) in [5.74, 6) is 3.96. The van der Waals surface area contributed by atoms with Crippen LogP contribution in [0.2, 0.25) is 0 Å². The van der Waals surface area contributed by atoms with E-state index in [1.807, 2.05) is 0 Å². The Bertz CT molecular complexity index is 216. The molecule has 1 aliphatic rings. The molecule has 0 nitrogen and oxygen atoms in total. The first-order chi connectivity index (χ1) is 7.87. The van der Waals surface area contributed by atoms with Gasteiger partial charge in [-0.05, 0) is 48.3 Å². The Balaban J connectivity index is 2.17. The van der Waals surface area contributed by atoms with Crippen molar-refractivity contribution in [3.05, 3.63) is 0 Å². The molecule has 0 heterocycles. The summed E-state index contributed by atoms with van der Waals surface area (Å²) in [5.41, 5.74) is 0.574. The fraction of sp³-hybridized carbons (Fsp3) is 1.00. The van der Waals surface area contributed by atoms with E-state index in [0.717, 1.165) is 23.7 Å². The third-order valence-electron chi connectivity index (χ3n) is 5.18. The van der Waals surface area contributed by atoms with Gasteiger partial charge in [-0.15, -0.1) is 0 Å². The Morgan fingerprint density at radius 3 is 2.24 bits per heavy atom. The molecular weight excluding hydrogens is 204 g/mol. The van der Waals surface area contributed by atoms with E-state index in [1.165, 1.54) is 38.5 Å². The Hall–Kier alpha value is 0. The second kappa shape index (κ2) is 6.25. The molecule has 0 N–H and O–H groups in total. The average molecular weight is 238 g/mol. The minimum Gasteiger partial charge on any atom is -0.0654 e. The van der Waals surface area contributed by atoms with Gasteiger partial charge in [-0.25, -0.2) is 0 Å². The lowest BCUT2D eigenvalue weighted by Crippen LogP contribution is -2.14. The number of hydrogen-bond donors (Lipinski definition) is 0. The van der Waals surface area contributed by atoms with Gasteiger partial charge in [-0.1, -0.05) is 60.8 Å². The lowest BCUT2D eigenvalue weighted by molar-refractivity contribution is 0.257. The van der Waals surface area contributed by atoms with Gasteiger partial charge >= 0.3 is 0 Å². The third-order valence-corrected chi connectivity index (χ3v) is 5.18. The van der Waals surface area contributed by atoms with Crippen molar-refractivity contribution in [3.8, 4) is 0 Å². The van der Waals surface area contributed by atoms with E-state index in [1.54, 1.807) is 0 Å². The highest BCUT2D eigenvalue weighted by Gasteiger charge is 2.38. The molecule has 1 saturated carbocycles. The van der Waals surface area contributed by atoms with E-state index in [0.29, 0.717) is 5.41 Å². The number of rotatable bonds is 8. The van der Waals surface area contributed by atoms with Crippen LogP contribution in [0.1, 0.15) is 80.1 Å². The predicted octanol–water partition coefficient (Wildman–Crippen LogP) is 5.91. The summed E-state index contributed by atoms with van der Waals surface area (Å²) in [6.45, 7) is 14.6. The van der Waals surface area contributed by atoms with Crippen LogP contribution in [0.5, 0.6) is 0 Å². The molecule has 4 unspecified atom stereocenters. The van der Waals surface area contributed by atoms with Crippen LogP contribution in [0.3, 0.4) is 0 Å². The maximum Gasteiger partial charge on any atom is -0.0354 e. The molecule has 0 aromatic carbocycles. The van der Waals surface area contributed by atoms with Gasteiger partial charge in [0.2, 0.25) is 0 Å². The second-order valence-corrected chi connectivity index (χ2v) is 7.52. The molecule has 0 amide bonds. The molecule has 1 aliphatic carbocycles. The predicted molar refractivity (Wildman–Crippen MR) is 78.1 cm³/mol. The molecule has 0 bridgehead atoms. The maximum absolute atomic E-state index is 2.48. The van der Waals surface area contributed by atoms with E-state index in [2.05, 4.69) is 41.5 Å². The average Bonchev–Trinajstić information content (AvgIpc) is 2.93. The normalized spacial score (nSPS) is 27.9. The van der Waals surface area contributed by atoms with Crippen molar-refractivity contribution < 1.29 is 0 Å². The molecule has 0 radical (unpaired) electrons. The van der Waals surface area contributed by atoms with Crippen molar-refractivity contribution in [2.75, 3.05) is 0 Å². The van der Waals surface area contributed by atoms with Crippen molar-refractivity contribution in [2.45, 2.75) is 80.1 Å². The van der Waals surface area contributed by atoms with Crippen LogP contribution in [0.25, 0.3) is 0 Å². The van der Waals surface area contributed by atoms with Crippen molar-refractivity contribution in [3.63, 3.8) is 0 Å². The van der Waals surface area contributed by atoms with Crippen LogP contribution < -0.4 is 0 Å². The minimum absolute atomic E-state index is 0.574. The van der Waals surface area contributed by atoms with Gasteiger partial charge < -0.3 is 0 Å². The van der Waals surface area contributed by atoms with Crippen molar-refractivity contribution in [2.24, 2.45) is 29.1 Å². The van der Waals surface area contributed by atoms with Crippen LogP contribution >= 0.6 is 0 Å². The van der Waals surface area contributed by atoms with E-state index < -0.39 is 0 Å². The zero-order valence-corrected chi connectivity index (χ0v) is 13.1. The molecule has 4 atom stereocenters. The lowest BCUT2D eigenvalue weighted by Gasteiger charge is -2.26. The van der Waals surface area contributed by atoms with E-state index >= 15 is 0 Å². The number of hydrogen-bond acceptors (Lipinski definition) is 0. The maximum atomic E-state index is 2.48. The van der Waals surface area contributed by atoms with Crippen molar-refractivity contribution in [1.29, 1.82) is 0 Å². The van der Waals surface area contributed by atoms with Gasteiger partial charge in [0.25, 0.3) is 0 Å². The first-order valence-corrected chi connectivity index (χ1v) is 7.87. The van der Waals surface area contributed by atoms with Gasteiger partial charge in [0.15, 0.2) is 0 Å². The molecule has 1 rings (SSSR count).